The maximum absolute atomic E-state index is 14.0. The first-order valence-electron chi connectivity index (χ1n) is 5.94. The summed E-state index contributed by atoms with van der Waals surface area (Å²) in [6.45, 7) is 1.85. The molecule has 104 valence electrons. The number of anilines is 2. The SMILES string of the molecule is Cc1ccccc1N(C)c1ccc(C(=O)O)c(F)c1F. The van der Waals surface area contributed by atoms with Crippen LogP contribution in [0, 0.1) is 18.6 Å². The van der Waals surface area contributed by atoms with E-state index in [1.807, 2.05) is 19.1 Å². The number of para-hydroxylation sites is 1. The molecule has 0 unspecified atom stereocenters. The van der Waals surface area contributed by atoms with E-state index in [-0.39, 0.29) is 5.69 Å². The summed E-state index contributed by atoms with van der Waals surface area (Å²) in [6.07, 6.45) is 0. The van der Waals surface area contributed by atoms with Gasteiger partial charge in [-0.1, -0.05) is 18.2 Å². The summed E-state index contributed by atoms with van der Waals surface area (Å²) in [4.78, 5) is 12.2. The molecule has 1 N–H and O–H groups in total. The van der Waals surface area contributed by atoms with E-state index in [1.165, 1.54) is 11.0 Å². The number of carbonyl (C=O) groups is 1. The van der Waals surface area contributed by atoms with E-state index in [2.05, 4.69) is 0 Å². The Morgan fingerprint density at radius 3 is 2.30 bits per heavy atom. The van der Waals surface area contributed by atoms with E-state index in [0.717, 1.165) is 11.6 Å². The zero-order chi connectivity index (χ0) is 14.9. The van der Waals surface area contributed by atoms with E-state index in [1.54, 1.807) is 19.2 Å². The van der Waals surface area contributed by atoms with Gasteiger partial charge in [0.2, 0.25) is 0 Å². The van der Waals surface area contributed by atoms with Gasteiger partial charge in [-0.05, 0) is 30.7 Å². The average Bonchev–Trinajstić information content (AvgIpc) is 2.41. The number of halogens is 2. The number of aryl methyl sites for hydroxylation is 1. The Morgan fingerprint density at radius 1 is 1.05 bits per heavy atom. The molecule has 2 aromatic rings. The van der Waals surface area contributed by atoms with Gasteiger partial charge in [0, 0.05) is 12.7 Å². The number of aromatic carboxylic acids is 1. The van der Waals surface area contributed by atoms with Crippen LogP contribution in [0.2, 0.25) is 0 Å². The minimum Gasteiger partial charge on any atom is -0.478 e. The molecule has 3 nitrogen and oxygen atoms in total. The maximum Gasteiger partial charge on any atom is 0.338 e. The van der Waals surface area contributed by atoms with Crippen LogP contribution >= 0.6 is 0 Å². The van der Waals surface area contributed by atoms with Crippen molar-refractivity contribution in [1.82, 2.24) is 0 Å². The van der Waals surface area contributed by atoms with Crippen LogP contribution in [0.5, 0.6) is 0 Å². The molecule has 0 aromatic heterocycles. The van der Waals surface area contributed by atoms with Gasteiger partial charge in [0.1, 0.15) is 0 Å². The molecule has 0 amide bonds. The summed E-state index contributed by atoms with van der Waals surface area (Å²) >= 11 is 0. The van der Waals surface area contributed by atoms with E-state index < -0.39 is 23.2 Å². The van der Waals surface area contributed by atoms with E-state index in [0.29, 0.717) is 5.69 Å². The zero-order valence-electron chi connectivity index (χ0n) is 11.0. The molecule has 0 spiro atoms. The Labute approximate surface area is 115 Å². The second kappa shape index (κ2) is 5.28. The number of carboxylic acid groups (broad SMARTS) is 1. The van der Waals surface area contributed by atoms with Crippen molar-refractivity contribution in [3.05, 3.63) is 59.2 Å². The summed E-state index contributed by atoms with van der Waals surface area (Å²) in [5, 5.41) is 8.76. The van der Waals surface area contributed by atoms with Crippen LogP contribution in [0.4, 0.5) is 20.2 Å². The van der Waals surface area contributed by atoms with Gasteiger partial charge in [-0.25, -0.2) is 13.6 Å². The van der Waals surface area contributed by atoms with Gasteiger partial charge in [0.25, 0.3) is 0 Å². The largest absolute Gasteiger partial charge is 0.478 e. The lowest BCUT2D eigenvalue weighted by Gasteiger charge is -2.22. The van der Waals surface area contributed by atoms with Crippen molar-refractivity contribution < 1.29 is 18.7 Å². The Bertz CT molecular complexity index is 671. The summed E-state index contributed by atoms with van der Waals surface area (Å²) < 4.78 is 27.7. The fraction of sp³-hybridized carbons (Fsp3) is 0.133. The molecule has 0 heterocycles. The van der Waals surface area contributed by atoms with Gasteiger partial charge in [-0.3, -0.25) is 0 Å². The fourth-order valence-corrected chi connectivity index (χ4v) is 2.03. The Hall–Kier alpha value is -2.43. The van der Waals surface area contributed by atoms with Crippen molar-refractivity contribution in [2.24, 2.45) is 0 Å². The number of benzene rings is 2. The molecule has 20 heavy (non-hydrogen) atoms. The van der Waals surface area contributed by atoms with Crippen LogP contribution in [0.25, 0.3) is 0 Å². The van der Waals surface area contributed by atoms with Gasteiger partial charge < -0.3 is 10.0 Å². The fourth-order valence-electron chi connectivity index (χ4n) is 2.03. The summed E-state index contributed by atoms with van der Waals surface area (Å²) in [6, 6.07) is 9.58. The highest BCUT2D eigenvalue weighted by atomic mass is 19.2. The summed E-state index contributed by atoms with van der Waals surface area (Å²) in [5.41, 5.74) is 0.928. The summed E-state index contributed by atoms with van der Waals surface area (Å²) in [5.74, 6) is -4.02. The molecule has 0 saturated heterocycles. The molecule has 0 saturated carbocycles. The molecule has 0 fully saturated rings. The van der Waals surface area contributed by atoms with E-state index >= 15 is 0 Å². The molecular formula is C15H13F2NO2. The van der Waals surface area contributed by atoms with Gasteiger partial charge in [-0.2, -0.15) is 0 Å². The molecule has 0 radical (unpaired) electrons. The predicted octanol–water partition coefficient (Wildman–Crippen LogP) is 3.74. The Kier molecular flexibility index (Phi) is 3.70. The highest BCUT2D eigenvalue weighted by Gasteiger charge is 2.20. The van der Waals surface area contributed by atoms with Crippen molar-refractivity contribution >= 4 is 17.3 Å². The molecule has 2 rings (SSSR count). The molecular weight excluding hydrogens is 264 g/mol. The first kappa shape index (κ1) is 14.0. The average molecular weight is 277 g/mol. The second-order valence-corrected chi connectivity index (χ2v) is 4.41. The minimum absolute atomic E-state index is 0.0122. The molecule has 5 heteroatoms. The molecule has 0 atom stereocenters. The van der Waals surface area contributed by atoms with Crippen LogP contribution in [-0.4, -0.2) is 18.1 Å². The first-order valence-corrected chi connectivity index (χ1v) is 5.94. The number of nitrogens with zero attached hydrogens (tertiary/aromatic N) is 1. The van der Waals surface area contributed by atoms with Crippen LogP contribution in [0.1, 0.15) is 15.9 Å². The molecule has 0 aliphatic heterocycles. The van der Waals surface area contributed by atoms with Gasteiger partial charge in [0.15, 0.2) is 11.6 Å². The monoisotopic (exact) mass is 277 g/mol. The third kappa shape index (κ3) is 2.34. The van der Waals surface area contributed by atoms with Crippen molar-refractivity contribution in [3.8, 4) is 0 Å². The van der Waals surface area contributed by atoms with Gasteiger partial charge in [0.05, 0.1) is 11.3 Å². The number of carboxylic acids is 1. The van der Waals surface area contributed by atoms with Crippen molar-refractivity contribution in [2.45, 2.75) is 6.92 Å². The lowest BCUT2D eigenvalue weighted by molar-refractivity contribution is 0.0690. The minimum atomic E-state index is -1.49. The maximum atomic E-state index is 14.0. The third-order valence-corrected chi connectivity index (χ3v) is 3.13. The van der Waals surface area contributed by atoms with E-state index in [9.17, 15) is 13.6 Å². The zero-order valence-corrected chi connectivity index (χ0v) is 11.0. The highest BCUT2D eigenvalue weighted by molar-refractivity contribution is 5.88. The van der Waals surface area contributed by atoms with Crippen LogP contribution < -0.4 is 4.90 Å². The quantitative estimate of drug-likeness (QED) is 0.929. The van der Waals surface area contributed by atoms with Crippen molar-refractivity contribution in [1.29, 1.82) is 0 Å². The molecule has 2 aromatic carbocycles. The topological polar surface area (TPSA) is 40.5 Å². The lowest BCUT2D eigenvalue weighted by atomic mass is 10.1. The summed E-state index contributed by atoms with van der Waals surface area (Å²) in [7, 11) is 1.60. The van der Waals surface area contributed by atoms with Crippen LogP contribution in [0.15, 0.2) is 36.4 Å². The number of hydrogen-bond donors (Lipinski definition) is 1. The molecule has 0 bridgehead atoms. The Morgan fingerprint density at radius 2 is 1.70 bits per heavy atom. The van der Waals surface area contributed by atoms with Crippen LogP contribution in [-0.2, 0) is 0 Å². The standard InChI is InChI=1S/C15H13F2NO2/c1-9-5-3-4-6-11(9)18(2)12-8-7-10(15(19)20)13(16)14(12)17/h3-8H,1-2H3,(H,19,20). The smallest absolute Gasteiger partial charge is 0.338 e. The second-order valence-electron chi connectivity index (χ2n) is 4.41. The number of hydrogen-bond acceptors (Lipinski definition) is 2. The van der Waals surface area contributed by atoms with E-state index in [4.69, 9.17) is 5.11 Å². The highest BCUT2D eigenvalue weighted by Crippen LogP contribution is 2.30. The van der Waals surface area contributed by atoms with Crippen molar-refractivity contribution in [3.63, 3.8) is 0 Å². The van der Waals surface area contributed by atoms with Crippen molar-refractivity contribution in [2.75, 3.05) is 11.9 Å². The van der Waals surface area contributed by atoms with Gasteiger partial charge >= 0.3 is 5.97 Å². The third-order valence-electron chi connectivity index (χ3n) is 3.13. The molecule has 0 aliphatic rings. The molecule has 0 aliphatic carbocycles. The normalized spacial score (nSPS) is 10.4. The van der Waals surface area contributed by atoms with Gasteiger partial charge in [-0.15, -0.1) is 0 Å². The first-order chi connectivity index (χ1) is 9.43. The Balaban J connectivity index is 2.52. The van der Waals surface area contributed by atoms with Crippen LogP contribution in [0.3, 0.4) is 0 Å². The number of rotatable bonds is 3. The predicted molar refractivity (Wildman–Crippen MR) is 72.6 cm³/mol. The lowest BCUT2D eigenvalue weighted by Crippen LogP contribution is -2.15.